The Labute approximate surface area is 103 Å². The van der Waals surface area contributed by atoms with Gasteiger partial charge in [0, 0.05) is 12.7 Å². The zero-order chi connectivity index (χ0) is 12.3. The van der Waals surface area contributed by atoms with E-state index >= 15 is 0 Å². The summed E-state index contributed by atoms with van der Waals surface area (Å²) in [6, 6.07) is 14.1. The van der Waals surface area contributed by atoms with E-state index in [1.165, 1.54) is 5.52 Å². The van der Waals surface area contributed by atoms with Crippen LogP contribution < -0.4 is 5.73 Å². The van der Waals surface area contributed by atoms with Gasteiger partial charge in [0.15, 0.2) is 0 Å². The number of benzene rings is 2. The zero-order valence-corrected chi connectivity index (χ0v) is 9.96. The van der Waals surface area contributed by atoms with Gasteiger partial charge in [-0.1, -0.05) is 12.1 Å². The van der Waals surface area contributed by atoms with Gasteiger partial charge in [-0.15, -0.1) is 0 Å². The lowest BCUT2D eigenvalue weighted by molar-refractivity contribution is 0.973. The molecule has 88 valence electrons. The second kappa shape index (κ2) is 3.04. The maximum Gasteiger partial charge on any atom is 0.215 e. The predicted octanol–water partition coefficient (Wildman–Crippen LogP) is 2.56. The molecule has 0 aliphatic rings. The molecule has 0 spiro atoms. The second-order valence-electron chi connectivity index (χ2n) is 4.54. The summed E-state index contributed by atoms with van der Waals surface area (Å²) in [4.78, 5) is 4.66. The second-order valence-corrected chi connectivity index (χ2v) is 4.54. The fraction of sp³-hybridized carbons (Fsp3) is 0.0714. The topological polar surface area (TPSA) is 48.2 Å². The first kappa shape index (κ1) is 9.53. The molecule has 2 N–H and O–H groups in total. The average molecular weight is 236 g/mol. The maximum atomic E-state index is 5.88. The maximum absolute atomic E-state index is 5.88. The van der Waals surface area contributed by atoms with Crippen LogP contribution >= 0.6 is 0 Å². The van der Waals surface area contributed by atoms with E-state index < -0.39 is 0 Å². The Hall–Kier alpha value is -2.49. The summed E-state index contributed by atoms with van der Waals surface area (Å²) >= 11 is 0. The molecule has 2 heterocycles. The van der Waals surface area contributed by atoms with E-state index in [4.69, 9.17) is 5.73 Å². The van der Waals surface area contributed by atoms with Crippen LogP contribution in [0.15, 0.2) is 42.5 Å². The van der Waals surface area contributed by atoms with Crippen LogP contribution in [0.1, 0.15) is 0 Å². The van der Waals surface area contributed by atoms with Crippen LogP contribution in [0.25, 0.3) is 27.8 Å². The molecular weight excluding hydrogens is 224 g/mol. The van der Waals surface area contributed by atoms with E-state index in [1.807, 2.05) is 37.4 Å². The third kappa shape index (κ3) is 1.02. The fourth-order valence-electron chi connectivity index (χ4n) is 2.59. The van der Waals surface area contributed by atoms with E-state index in [0.29, 0.717) is 0 Å². The van der Waals surface area contributed by atoms with Crippen molar-refractivity contribution in [2.24, 2.45) is 7.05 Å². The molecule has 0 saturated carbocycles. The number of fused-ring (bicyclic) bond motifs is 5. The molecule has 4 aromatic rings. The Morgan fingerprint density at radius 1 is 1.00 bits per heavy atom. The van der Waals surface area contributed by atoms with Gasteiger partial charge in [0.05, 0.1) is 22.1 Å². The van der Waals surface area contributed by atoms with Crippen LogP contribution in [0.3, 0.4) is 0 Å². The minimum absolute atomic E-state index is 0.761. The number of para-hydroxylation sites is 2. The van der Waals surface area contributed by atoms with Crippen LogP contribution in [0.2, 0.25) is 0 Å². The van der Waals surface area contributed by atoms with Crippen molar-refractivity contribution in [3.05, 3.63) is 42.5 Å². The summed E-state index contributed by atoms with van der Waals surface area (Å²) in [5, 5.41) is 0. The van der Waals surface area contributed by atoms with Gasteiger partial charge in [0.1, 0.15) is 0 Å². The van der Waals surface area contributed by atoms with Crippen LogP contribution in [0, 0.1) is 0 Å². The lowest BCUT2D eigenvalue weighted by atomic mass is 10.2. The first-order valence-corrected chi connectivity index (χ1v) is 5.87. The third-order valence-electron chi connectivity index (χ3n) is 3.44. The van der Waals surface area contributed by atoms with Gasteiger partial charge < -0.3 is 10.3 Å². The molecule has 0 amide bonds. The van der Waals surface area contributed by atoms with Crippen molar-refractivity contribution in [1.29, 1.82) is 0 Å². The molecular formula is C14H12N4. The lowest BCUT2D eigenvalue weighted by Gasteiger charge is -1.96. The van der Waals surface area contributed by atoms with Crippen molar-refractivity contribution < 1.29 is 0 Å². The number of nitrogens with two attached hydrogens (primary N) is 1. The van der Waals surface area contributed by atoms with Gasteiger partial charge in [-0.2, -0.15) is 0 Å². The highest BCUT2D eigenvalue weighted by atomic mass is 15.2. The van der Waals surface area contributed by atoms with Crippen molar-refractivity contribution >= 4 is 33.5 Å². The largest absolute Gasteiger partial charge is 0.399 e. The van der Waals surface area contributed by atoms with E-state index in [-0.39, 0.29) is 0 Å². The van der Waals surface area contributed by atoms with Gasteiger partial charge in [-0.25, -0.2) is 4.98 Å². The number of aromatic nitrogens is 3. The Balaban J connectivity index is 2.37. The minimum Gasteiger partial charge on any atom is -0.399 e. The average Bonchev–Trinajstić information content (AvgIpc) is 2.87. The molecule has 0 aliphatic heterocycles. The number of rotatable bonds is 0. The molecule has 4 heteroatoms. The lowest BCUT2D eigenvalue weighted by Crippen LogP contribution is -1.87. The highest BCUT2D eigenvalue weighted by Crippen LogP contribution is 2.26. The number of imidazole rings is 2. The van der Waals surface area contributed by atoms with Crippen LogP contribution in [0.4, 0.5) is 5.69 Å². The summed E-state index contributed by atoms with van der Waals surface area (Å²) in [6.07, 6.45) is 0. The Morgan fingerprint density at radius 2 is 1.78 bits per heavy atom. The summed E-state index contributed by atoms with van der Waals surface area (Å²) in [5.41, 5.74) is 11.0. The first-order valence-electron chi connectivity index (χ1n) is 5.87. The molecule has 0 radical (unpaired) electrons. The highest BCUT2D eigenvalue weighted by Gasteiger charge is 2.12. The summed E-state index contributed by atoms with van der Waals surface area (Å²) < 4.78 is 4.26. The van der Waals surface area contributed by atoms with E-state index in [9.17, 15) is 0 Å². The van der Waals surface area contributed by atoms with Crippen LogP contribution in [-0.2, 0) is 7.05 Å². The molecule has 0 bridgehead atoms. The SMILES string of the molecule is Cn1c2ccccc2n2c3cc(N)ccc3nc12. The van der Waals surface area contributed by atoms with Crippen molar-refractivity contribution in [2.75, 3.05) is 5.73 Å². The van der Waals surface area contributed by atoms with Gasteiger partial charge in [0.2, 0.25) is 5.78 Å². The van der Waals surface area contributed by atoms with Gasteiger partial charge in [0.25, 0.3) is 0 Å². The highest BCUT2D eigenvalue weighted by molar-refractivity contribution is 5.91. The molecule has 0 atom stereocenters. The molecule has 2 aromatic carbocycles. The quantitative estimate of drug-likeness (QED) is 0.477. The van der Waals surface area contributed by atoms with Crippen molar-refractivity contribution in [2.45, 2.75) is 0 Å². The summed E-state index contributed by atoms with van der Waals surface area (Å²) in [5.74, 6) is 0.941. The van der Waals surface area contributed by atoms with Crippen molar-refractivity contribution in [1.82, 2.24) is 14.0 Å². The normalized spacial score (nSPS) is 11.8. The van der Waals surface area contributed by atoms with E-state index in [1.54, 1.807) is 0 Å². The fourth-order valence-corrected chi connectivity index (χ4v) is 2.59. The molecule has 0 aliphatic carbocycles. The van der Waals surface area contributed by atoms with Crippen molar-refractivity contribution in [3.63, 3.8) is 0 Å². The predicted molar refractivity (Wildman–Crippen MR) is 73.6 cm³/mol. The van der Waals surface area contributed by atoms with E-state index in [0.717, 1.165) is 28.0 Å². The molecule has 0 unspecified atom stereocenters. The Kier molecular flexibility index (Phi) is 1.61. The van der Waals surface area contributed by atoms with Gasteiger partial charge in [-0.05, 0) is 30.3 Å². The Bertz CT molecular complexity index is 898. The molecule has 18 heavy (non-hydrogen) atoms. The van der Waals surface area contributed by atoms with Crippen LogP contribution in [-0.4, -0.2) is 14.0 Å². The number of hydrogen-bond donors (Lipinski definition) is 1. The minimum atomic E-state index is 0.761. The number of anilines is 1. The summed E-state index contributed by atoms with van der Waals surface area (Å²) in [7, 11) is 2.03. The number of nitrogen functional groups attached to an aromatic ring is 1. The number of aryl methyl sites for hydroxylation is 1. The number of hydrogen-bond acceptors (Lipinski definition) is 2. The number of nitrogens with zero attached hydrogens (tertiary/aromatic N) is 3. The Morgan fingerprint density at radius 3 is 2.61 bits per heavy atom. The standard InChI is InChI=1S/C14H12N4/c1-17-11-4-2-3-5-12(11)18-13-8-9(15)6-7-10(13)16-14(17)18/h2-8H,15H2,1H3. The monoisotopic (exact) mass is 236 g/mol. The van der Waals surface area contributed by atoms with Gasteiger partial charge >= 0.3 is 0 Å². The summed E-state index contributed by atoms with van der Waals surface area (Å²) in [6.45, 7) is 0. The smallest absolute Gasteiger partial charge is 0.215 e. The molecule has 4 nitrogen and oxygen atoms in total. The molecule has 0 saturated heterocycles. The third-order valence-corrected chi connectivity index (χ3v) is 3.44. The zero-order valence-electron chi connectivity index (χ0n) is 9.96. The molecule has 2 aromatic heterocycles. The van der Waals surface area contributed by atoms with Crippen LogP contribution in [0.5, 0.6) is 0 Å². The first-order chi connectivity index (χ1) is 8.75. The molecule has 0 fully saturated rings. The molecule has 4 rings (SSSR count). The van der Waals surface area contributed by atoms with Gasteiger partial charge in [-0.3, -0.25) is 4.40 Å². The van der Waals surface area contributed by atoms with Crippen molar-refractivity contribution in [3.8, 4) is 0 Å². The van der Waals surface area contributed by atoms with E-state index in [2.05, 4.69) is 26.1 Å².